The summed E-state index contributed by atoms with van der Waals surface area (Å²) in [5.74, 6) is 0. The Labute approximate surface area is 109 Å². The second-order valence-electron chi connectivity index (χ2n) is 4.65. The molecule has 0 bridgehead atoms. The Hall–Kier alpha value is -0.910. The van der Waals surface area contributed by atoms with Crippen LogP contribution in [0, 0.1) is 0 Å². The third-order valence-corrected chi connectivity index (χ3v) is 5.19. The van der Waals surface area contributed by atoms with Crippen LogP contribution in [-0.4, -0.2) is 26.8 Å². The Morgan fingerprint density at radius 2 is 1.94 bits per heavy atom. The van der Waals surface area contributed by atoms with Gasteiger partial charge in [-0.2, -0.15) is 0 Å². The molecule has 0 amide bonds. The molecule has 1 saturated heterocycles. The van der Waals surface area contributed by atoms with Gasteiger partial charge in [-0.15, -0.1) is 0 Å². The molecule has 0 spiro atoms. The fourth-order valence-corrected chi connectivity index (χ4v) is 3.46. The number of rotatable bonds is 5. The third kappa shape index (κ3) is 3.31. The minimum absolute atomic E-state index is 0.285. The van der Waals surface area contributed by atoms with Gasteiger partial charge in [-0.05, 0) is 30.5 Å². The second-order valence-corrected chi connectivity index (χ2v) is 6.70. The average Bonchev–Trinajstić information content (AvgIpc) is 2.92. The lowest BCUT2D eigenvalue weighted by molar-refractivity contribution is 0.567. The monoisotopic (exact) mass is 268 g/mol. The average molecular weight is 268 g/mol. The van der Waals surface area contributed by atoms with Crippen molar-refractivity contribution in [2.45, 2.75) is 31.6 Å². The zero-order valence-electron chi connectivity index (χ0n) is 10.6. The van der Waals surface area contributed by atoms with Crippen molar-refractivity contribution in [1.29, 1.82) is 0 Å². The minimum Gasteiger partial charge on any atom is -0.315 e. The van der Waals surface area contributed by atoms with Crippen LogP contribution in [0.1, 0.15) is 24.5 Å². The van der Waals surface area contributed by atoms with E-state index >= 15 is 0 Å². The lowest BCUT2D eigenvalue weighted by Crippen LogP contribution is -2.35. The maximum atomic E-state index is 12.0. The molecule has 4 nitrogen and oxygen atoms in total. The lowest BCUT2D eigenvalue weighted by atomic mass is 10.1. The van der Waals surface area contributed by atoms with E-state index in [1.807, 2.05) is 24.3 Å². The molecule has 2 N–H and O–H groups in total. The number of sulfonamides is 1. The maximum Gasteiger partial charge on any atom is 0.216 e. The number of aryl methyl sites for hydroxylation is 1. The van der Waals surface area contributed by atoms with Crippen molar-refractivity contribution in [1.82, 2.24) is 10.0 Å². The van der Waals surface area contributed by atoms with Crippen molar-refractivity contribution in [3.05, 3.63) is 35.4 Å². The molecule has 100 valence electrons. The first-order chi connectivity index (χ1) is 8.62. The summed E-state index contributed by atoms with van der Waals surface area (Å²) in [6, 6.07) is 8.05. The predicted octanol–water partition coefficient (Wildman–Crippen LogP) is 1.03. The van der Waals surface area contributed by atoms with Gasteiger partial charge in [0.1, 0.15) is 0 Å². The van der Waals surface area contributed by atoms with Gasteiger partial charge < -0.3 is 5.32 Å². The van der Waals surface area contributed by atoms with Gasteiger partial charge in [0.15, 0.2) is 0 Å². The van der Waals surface area contributed by atoms with E-state index in [0.29, 0.717) is 19.5 Å². The first-order valence-corrected chi connectivity index (χ1v) is 7.93. The standard InChI is InChI=1S/C13H20N2O2S/c1-2-11-3-5-12(6-4-11)9-15-18(16,17)13-7-8-14-10-13/h3-6,13-15H,2,7-10H2,1H3. The molecule has 5 heteroatoms. The van der Waals surface area contributed by atoms with E-state index in [1.165, 1.54) is 5.56 Å². The number of nitrogens with one attached hydrogen (secondary N) is 2. The van der Waals surface area contributed by atoms with Gasteiger partial charge in [0.2, 0.25) is 10.0 Å². The molecule has 1 aliphatic heterocycles. The molecule has 1 aromatic rings. The number of benzene rings is 1. The summed E-state index contributed by atoms with van der Waals surface area (Å²) in [4.78, 5) is 0. The Morgan fingerprint density at radius 1 is 1.28 bits per heavy atom. The summed E-state index contributed by atoms with van der Waals surface area (Å²) >= 11 is 0. The van der Waals surface area contributed by atoms with Gasteiger partial charge in [0.05, 0.1) is 5.25 Å². The van der Waals surface area contributed by atoms with Crippen LogP contribution in [0.2, 0.25) is 0 Å². The molecule has 1 unspecified atom stereocenters. The number of hydrogen-bond donors (Lipinski definition) is 2. The van der Waals surface area contributed by atoms with Crippen LogP contribution in [0.5, 0.6) is 0 Å². The van der Waals surface area contributed by atoms with E-state index in [9.17, 15) is 8.42 Å². The molecular weight excluding hydrogens is 248 g/mol. The third-order valence-electron chi connectivity index (χ3n) is 3.36. The summed E-state index contributed by atoms with van der Waals surface area (Å²) in [7, 11) is -3.19. The lowest BCUT2D eigenvalue weighted by Gasteiger charge is -2.12. The highest BCUT2D eigenvalue weighted by Gasteiger charge is 2.27. The Morgan fingerprint density at radius 3 is 2.50 bits per heavy atom. The molecule has 1 fully saturated rings. The van der Waals surface area contributed by atoms with Crippen LogP contribution in [0.3, 0.4) is 0 Å². The van der Waals surface area contributed by atoms with E-state index in [0.717, 1.165) is 18.5 Å². The van der Waals surface area contributed by atoms with Gasteiger partial charge >= 0.3 is 0 Å². The fraction of sp³-hybridized carbons (Fsp3) is 0.538. The van der Waals surface area contributed by atoms with Crippen molar-refractivity contribution in [3.8, 4) is 0 Å². The zero-order chi connectivity index (χ0) is 13.0. The minimum atomic E-state index is -3.19. The summed E-state index contributed by atoms with van der Waals surface area (Å²) in [5.41, 5.74) is 2.27. The van der Waals surface area contributed by atoms with E-state index in [2.05, 4.69) is 17.0 Å². The maximum absolute atomic E-state index is 12.0. The molecular formula is C13H20N2O2S. The molecule has 0 aromatic heterocycles. The van der Waals surface area contributed by atoms with E-state index in [-0.39, 0.29) is 5.25 Å². The normalized spacial score (nSPS) is 20.2. The second kappa shape index (κ2) is 5.82. The van der Waals surface area contributed by atoms with Gasteiger partial charge in [-0.1, -0.05) is 31.2 Å². The van der Waals surface area contributed by atoms with E-state index < -0.39 is 10.0 Å². The van der Waals surface area contributed by atoms with Crippen molar-refractivity contribution in [2.75, 3.05) is 13.1 Å². The van der Waals surface area contributed by atoms with Gasteiger partial charge in [0.25, 0.3) is 0 Å². The smallest absolute Gasteiger partial charge is 0.216 e. The van der Waals surface area contributed by atoms with Crippen LogP contribution in [-0.2, 0) is 23.0 Å². The molecule has 1 atom stereocenters. The number of hydrogen-bond acceptors (Lipinski definition) is 3. The Balaban J connectivity index is 1.93. The summed E-state index contributed by atoms with van der Waals surface area (Å²) in [6.07, 6.45) is 1.70. The highest BCUT2D eigenvalue weighted by molar-refractivity contribution is 7.90. The molecule has 0 radical (unpaired) electrons. The van der Waals surface area contributed by atoms with Crippen LogP contribution in [0.4, 0.5) is 0 Å². The van der Waals surface area contributed by atoms with Crippen molar-refractivity contribution < 1.29 is 8.42 Å². The SMILES string of the molecule is CCc1ccc(CNS(=O)(=O)C2CCNC2)cc1. The van der Waals surface area contributed by atoms with Crippen LogP contribution in [0.15, 0.2) is 24.3 Å². The summed E-state index contributed by atoms with van der Waals surface area (Å²) in [6.45, 7) is 3.83. The van der Waals surface area contributed by atoms with Gasteiger partial charge in [0, 0.05) is 13.1 Å². The molecule has 1 aromatic carbocycles. The highest BCUT2D eigenvalue weighted by atomic mass is 32.2. The van der Waals surface area contributed by atoms with Crippen molar-refractivity contribution in [2.24, 2.45) is 0 Å². The highest BCUT2D eigenvalue weighted by Crippen LogP contribution is 2.10. The summed E-state index contributed by atoms with van der Waals surface area (Å²) < 4.78 is 26.6. The molecule has 0 aliphatic carbocycles. The fourth-order valence-electron chi connectivity index (χ4n) is 2.09. The predicted molar refractivity (Wildman–Crippen MR) is 72.9 cm³/mol. The van der Waals surface area contributed by atoms with Crippen molar-refractivity contribution in [3.63, 3.8) is 0 Å². The zero-order valence-corrected chi connectivity index (χ0v) is 11.5. The van der Waals surface area contributed by atoms with Crippen LogP contribution < -0.4 is 10.0 Å². The molecule has 1 heterocycles. The van der Waals surface area contributed by atoms with Gasteiger partial charge in [-0.3, -0.25) is 0 Å². The van der Waals surface area contributed by atoms with Crippen molar-refractivity contribution >= 4 is 10.0 Å². The first-order valence-electron chi connectivity index (χ1n) is 6.39. The van der Waals surface area contributed by atoms with Gasteiger partial charge in [-0.25, -0.2) is 13.1 Å². The Kier molecular flexibility index (Phi) is 4.37. The molecule has 1 aliphatic rings. The quantitative estimate of drug-likeness (QED) is 0.838. The van der Waals surface area contributed by atoms with E-state index in [1.54, 1.807) is 0 Å². The topological polar surface area (TPSA) is 58.2 Å². The van der Waals surface area contributed by atoms with E-state index in [4.69, 9.17) is 0 Å². The summed E-state index contributed by atoms with van der Waals surface area (Å²) in [5, 5.41) is 2.79. The molecule has 2 rings (SSSR count). The molecule has 0 saturated carbocycles. The Bertz CT molecular complexity index is 476. The first kappa shape index (κ1) is 13.5. The van der Waals surface area contributed by atoms with Crippen LogP contribution >= 0.6 is 0 Å². The molecule has 18 heavy (non-hydrogen) atoms. The largest absolute Gasteiger partial charge is 0.315 e. The van der Waals surface area contributed by atoms with Crippen LogP contribution in [0.25, 0.3) is 0 Å².